The molecule has 3 aromatic rings. The molecule has 148 valence electrons. The smallest absolute Gasteiger partial charge is 0.337 e. The number of benzene rings is 3. The number of methoxy groups -OCH3 is 1. The van der Waals surface area contributed by atoms with Crippen LogP contribution in [0.5, 0.6) is 5.75 Å². The van der Waals surface area contributed by atoms with Gasteiger partial charge in [-0.25, -0.2) is 9.18 Å². The summed E-state index contributed by atoms with van der Waals surface area (Å²) in [7, 11) is 1.23. The van der Waals surface area contributed by atoms with Crippen LogP contribution >= 0.6 is 0 Å². The van der Waals surface area contributed by atoms with Gasteiger partial charge in [0.2, 0.25) is 0 Å². The molecule has 1 atom stereocenters. The molecule has 0 aliphatic heterocycles. The second kappa shape index (κ2) is 9.01. The first kappa shape index (κ1) is 20.1. The molecule has 1 unspecified atom stereocenters. The highest BCUT2D eigenvalue weighted by Gasteiger charge is 2.18. The summed E-state index contributed by atoms with van der Waals surface area (Å²) in [6, 6.07) is 20.8. The molecule has 3 rings (SSSR count). The normalized spacial score (nSPS) is 11.4. The van der Waals surface area contributed by atoms with Crippen molar-refractivity contribution in [1.29, 1.82) is 0 Å². The summed E-state index contributed by atoms with van der Waals surface area (Å²) in [5.74, 6) is -1.32. The Morgan fingerprint density at radius 1 is 0.931 bits per heavy atom. The average molecular weight is 393 g/mol. The summed E-state index contributed by atoms with van der Waals surface area (Å²) in [5, 5.41) is 2.44. The fourth-order valence-electron chi connectivity index (χ4n) is 2.71. The zero-order chi connectivity index (χ0) is 20.8. The van der Waals surface area contributed by atoms with Gasteiger partial charge in [0.1, 0.15) is 11.6 Å². The van der Waals surface area contributed by atoms with Gasteiger partial charge in [-0.05, 0) is 48.4 Å². The van der Waals surface area contributed by atoms with E-state index in [-0.39, 0.29) is 11.3 Å². The Bertz CT molecular complexity index is 1000. The van der Waals surface area contributed by atoms with E-state index in [1.807, 2.05) is 42.5 Å². The quantitative estimate of drug-likeness (QED) is 0.618. The summed E-state index contributed by atoms with van der Waals surface area (Å²) < 4.78 is 24.2. The molecular formula is C23H20FNO4. The Hall–Kier alpha value is -3.67. The van der Waals surface area contributed by atoms with Gasteiger partial charge in [0.15, 0.2) is 6.10 Å². The van der Waals surface area contributed by atoms with Crippen molar-refractivity contribution in [3.63, 3.8) is 0 Å². The van der Waals surface area contributed by atoms with E-state index in [2.05, 4.69) is 10.1 Å². The van der Waals surface area contributed by atoms with Crippen LogP contribution in [0.2, 0.25) is 0 Å². The van der Waals surface area contributed by atoms with Gasteiger partial charge in [-0.2, -0.15) is 0 Å². The molecule has 0 heterocycles. The molecule has 0 saturated carbocycles. The molecule has 1 amide bonds. The first-order valence-corrected chi connectivity index (χ1v) is 8.99. The molecule has 0 spiro atoms. The van der Waals surface area contributed by atoms with Crippen molar-refractivity contribution < 1.29 is 23.5 Å². The summed E-state index contributed by atoms with van der Waals surface area (Å²) in [6.45, 7) is 1.56. The summed E-state index contributed by atoms with van der Waals surface area (Å²) >= 11 is 0. The van der Waals surface area contributed by atoms with E-state index in [9.17, 15) is 14.0 Å². The van der Waals surface area contributed by atoms with Gasteiger partial charge in [0.25, 0.3) is 5.91 Å². The third-order valence-electron chi connectivity index (χ3n) is 4.29. The van der Waals surface area contributed by atoms with Crippen molar-refractivity contribution in [2.24, 2.45) is 0 Å². The van der Waals surface area contributed by atoms with Crippen molar-refractivity contribution in [1.82, 2.24) is 0 Å². The van der Waals surface area contributed by atoms with E-state index >= 15 is 0 Å². The second-order valence-electron chi connectivity index (χ2n) is 6.33. The fourth-order valence-corrected chi connectivity index (χ4v) is 2.71. The van der Waals surface area contributed by atoms with Gasteiger partial charge >= 0.3 is 5.97 Å². The largest absolute Gasteiger partial charge is 0.481 e. The number of hydrogen-bond acceptors (Lipinski definition) is 4. The molecule has 0 fully saturated rings. The minimum atomic E-state index is -0.876. The lowest BCUT2D eigenvalue weighted by molar-refractivity contribution is -0.122. The minimum absolute atomic E-state index is 0.118. The Morgan fingerprint density at radius 2 is 1.59 bits per heavy atom. The van der Waals surface area contributed by atoms with Crippen molar-refractivity contribution in [3.05, 3.63) is 84.2 Å². The van der Waals surface area contributed by atoms with E-state index in [0.717, 1.165) is 17.2 Å². The number of anilines is 1. The summed E-state index contributed by atoms with van der Waals surface area (Å²) in [6.07, 6.45) is -0.876. The molecule has 0 aromatic heterocycles. The number of esters is 1. The maximum absolute atomic E-state index is 14.0. The van der Waals surface area contributed by atoms with E-state index in [1.165, 1.54) is 19.2 Å². The van der Waals surface area contributed by atoms with Gasteiger partial charge < -0.3 is 14.8 Å². The Labute approximate surface area is 168 Å². The lowest BCUT2D eigenvalue weighted by Gasteiger charge is -2.16. The van der Waals surface area contributed by atoms with E-state index in [1.54, 1.807) is 19.1 Å². The van der Waals surface area contributed by atoms with Crippen LogP contribution in [0.1, 0.15) is 17.3 Å². The maximum atomic E-state index is 14.0. The number of nitrogens with one attached hydrogen (secondary N) is 1. The Kier molecular flexibility index (Phi) is 6.24. The van der Waals surface area contributed by atoms with Crippen molar-refractivity contribution in [2.45, 2.75) is 13.0 Å². The molecule has 5 nitrogen and oxygen atoms in total. The number of carbonyl (C=O) groups excluding carboxylic acids is 2. The lowest BCUT2D eigenvalue weighted by atomic mass is 10.1. The number of carbonyl (C=O) groups is 2. The van der Waals surface area contributed by atoms with Crippen LogP contribution in [-0.4, -0.2) is 25.1 Å². The summed E-state index contributed by atoms with van der Waals surface area (Å²) in [5.41, 5.74) is 2.12. The van der Waals surface area contributed by atoms with Crippen LogP contribution in [0.15, 0.2) is 72.8 Å². The number of halogens is 1. The van der Waals surface area contributed by atoms with Gasteiger partial charge in [-0.15, -0.1) is 0 Å². The van der Waals surface area contributed by atoms with Crippen molar-refractivity contribution >= 4 is 17.6 Å². The monoisotopic (exact) mass is 393 g/mol. The van der Waals surface area contributed by atoms with Crippen LogP contribution < -0.4 is 10.1 Å². The second-order valence-corrected chi connectivity index (χ2v) is 6.33. The fraction of sp³-hybridized carbons (Fsp3) is 0.130. The molecule has 1 N–H and O–H groups in total. The van der Waals surface area contributed by atoms with Gasteiger partial charge in [-0.3, -0.25) is 4.79 Å². The van der Waals surface area contributed by atoms with E-state index < -0.39 is 23.8 Å². The lowest BCUT2D eigenvalue weighted by Crippen LogP contribution is -2.30. The maximum Gasteiger partial charge on any atom is 0.337 e. The minimum Gasteiger partial charge on any atom is -0.481 e. The number of ether oxygens (including phenoxy) is 2. The number of hydrogen-bond donors (Lipinski definition) is 1. The molecular weight excluding hydrogens is 373 g/mol. The predicted octanol–water partition coefficient (Wildman–Crippen LogP) is 4.69. The average Bonchev–Trinajstić information content (AvgIpc) is 2.75. The standard InChI is InChI=1S/C23H20FNO4/c1-15(22(26)25-21-14-18(23(27)28-2)10-13-20(21)24)29-19-11-8-17(9-12-19)16-6-4-3-5-7-16/h3-15H,1-2H3,(H,25,26). The van der Waals surface area contributed by atoms with Gasteiger partial charge in [0, 0.05) is 0 Å². The highest BCUT2D eigenvalue weighted by molar-refractivity contribution is 5.96. The number of amides is 1. The van der Waals surface area contributed by atoms with Crippen molar-refractivity contribution in [2.75, 3.05) is 12.4 Å². The first-order chi connectivity index (χ1) is 14.0. The van der Waals surface area contributed by atoms with Crippen LogP contribution in [0, 0.1) is 5.82 Å². The molecule has 0 saturated heterocycles. The molecule has 0 radical (unpaired) electrons. The molecule has 0 aliphatic rings. The van der Waals surface area contributed by atoms with Gasteiger partial charge in [0.05, 0.1) is 18.4 Å². The third-order valence-corrected chi connectivity index (χ3v) is 4.29. The molecule has 0 bridgehead atoms. The predicted molar refractivity (Wildman–Crippen MR) is 108 cm³/mol. The van der Waals surface area contributed by atoms with Crippen LogP contribution in [-0.2, 0) is 9.53 Å². The molecule has 3 aromatic carbocycles. The zero-order valence-corrected chi connectivity index (χ0v) is 16.0. The van der Waals surface area contributed by atoms with Crippen LogP contribution in [0.25, 0.3) is 11.1 Å². The molecule has 0 aliphatic carbocycles. The van der Waals surface area contributed by atoms with E-state index in [4.69, 9.17) is 4.74 Å². The topological polar surface area (TPSA) is 64.6 Å². The Balaban J connectivity index is 1.66. The molecule has 29 heavy (non-hydrogen) atoms. The summed E-state index contributed by atoms with van der Waals surface area (Å²) in [4.78, 5) is 24.0. The third kappa shape index (κ3) is 4.99. The van der Waals surface area contributed by atoms with Gasteiger partial charge in [-0.1, -0.05) is 42.5 Å². The SMILES string of the molecule is COC(=O)c1ccc(F)c(NC(=O)C(C)Oc2ccc(-c3ccccc3)cc2)c1. The zero-order valence-electron chi connectivity index (χ0n) is 16.0. The number of rotatable bonds is 6. The van der Waals surface area contributed by atoms with E-state index in [0.29, 0.717) is 5.75 Å². The first-order valence-electron chi connectivity index (χ1n) is 8.99. The molecule has 6 heteroatoms. The highest BCUT2D eigenvalue weighted by atomic mass is 19.1. The van der Waals surface area contributed by atoms with Crippen LogP contribution in [0.4, 0.5) is 10.1 Å². The van der Waals surface area contributed by atoms with Crippen molar-refractivity contribution in [3.8, 4) is 16.9 Å². The highest BCUT2D eigenvalue weighted by Crippen LogP contribution is 2.23. The Morgan fingerprint density at radius 3 is 2.24 bits per heavy atom. The van der Waals surface area contributed by atoms with Crippen LogP contribution in [0.3, 0.4) is 0 Å².